The molecular formula is C9H11NO3. The van der Waals surface area contributed by atoms with E-state index in [0.717, 1.165) is 13.0 Å². The summed E-state index contributed by atoms with van der Waals surface area (Å²) in [4.78, 5) is 12.6. The average Bonchev–Trinajstić information content (AvgIpc) is 2.74. The highest BCUT2D eigenvalue weighted by molar-refractivity contribution is 5.78. The minimum Gasteiger partial charge on any atom is -0.480 e. The number of nitrogens with zero attached hydrogens (tertiary/aromatic N) is 1. The van der Waals surface area contributed by atoms with Crippen LogP contribution in [-0.2, 0) is 4.79 Å². The summed E-state index contributed by atoms with van der Waals surface area (Å²) in [5.74, 6) is -0.112. The third-order valence-corrected chi connectivity index (χ3v) is 2.33. The molecule has 4 nitrogen and oxygen atoms in total. The van der Waals surface area contributed by atoms with Crippen LogP contribution in [-0.4, -0.2) is 23.7 Å². The Bertz CT molecular complexity index is 294. The minimum atomic E-state index is -0.770. The van der Waals surface area contributed by atoms with E-state index in [0.29, 0.717) is 12.3 Å². The van der Waals surface area contributed by atoms with Crippen molar-refractivity contribution in [3.05, 3.63) is 18.4 Å². The number of anilines is 1. The van der Waals surface area contributed by atoms with E-state index in [4.69, 9.17) is 9.52 Å². The second-order valence-corrected chi connectivity index (χ2v) is 3.14. The molecule has 1 N–H and O–H groups in total. The lowest BCUT2D eigenvalue weighted by Gasteiger charge is -2.19. The van der Waals surface area contributed by atoms with E-state index in [2.05, 4.69) is 0 Å². The first-order valence-corrected chi connectivity index (χ1v) is 4.32. The molecule has 2 heterocycles. The molecule has 0 amide bonds. The number of carboxylic acid groups (broad SMARTS) is 1. The zero-order chi connectivity index (χ0) is 9.26. The van der Waals surface area contributed by atoms with Crippen molar-refractivity contribution in [1.82, 2.24) is 0 Å². The number of aliphatic carboxylic acids is 1. The third kappa shape index (κ3) is 1.39. The number of carboxylic acids is 1. The van der Waals surface area contributed by atoms with Gasteiger partial charge in [0.05, 0.1) is 6.26 Å². The van der Waals surface area contributed by atoms with Gasteiger partial charge in [-0.15, -0.1) is 0 Å². The molecule has 0 aliphatic carbocycles. The zero-order valence-corrected chi connectivity index (χ0v) is 7.14. The molecule has 1 saturated heterocycles. The molecule has 1 aromatic rings. The van der Waals surface area contributed by atoms with Crippen LogP contribution in [0.1, 0.15) is 12.8 Å². The summed E-state index contributed by atoms with van der Waals surface area (Å²) < 4.78 is 5.16. The van der Waals surface area contributed by atoms with Crippen molar-refractivity contribution in [3.8, 4) is 0 Å². The normalized spacial score (nSPS) is 22.2. The maximum atomic E-state index is 10.8. The summed E-state index contributed by atoms with van der Waals surface area (Å²) in [6.07, 6.45) is 3.18. The molecule has 0 radical (unpaired) electrons. The third-order valence-electron chi connectivity index (χ3n) is 2.33. The van der Waals surface area contributed by atoms with E-state index in [1.165, 1.54) is 0 Å². The fourth-order valence-corrected chi connectivity index (χ4v) is 1.72. The summed E-state index contributed by atoms with van der Waals surface area (Å²) in [6.45, 7) is 0.768. The Morgan fingerprint density at radius 2 is 2.54 bits per heavy atom. The van der Waals surface area contributed by atoms with Gasteiger partial charge in [0.2, 0.25) is 0 Å². The molecule has 0 spiro atoms. The van der Waals surface area contributed by atoms with Crippen molar-refractivity contribution in [3.63, 3.8) is 0 Å². The second-order valence-electron chi connectivity index (χ2n) is 3.14. The molecule has 2 rings (SSSR count). The Hall–Kier alpha value is -1.45. The predicted molar refractivity (Wildman–Crippen MR) is 46.7 cm³/mol. The van der Waals surface area contributed by atoms with Gasteiger partial charge in [-0.2, -0.15) is 0 Å². The maximum Gasteiger partial charge on any atom is 0.326 e. The van der Waals surface area contributed by atoms with Crippen LogP contribution in [0.3, 0.4) is 0 Å². The minimum absolute atomic E-state index is 0.411. The first kappa shape index (κ1) is 8.16. The highest BCUT2D eigenvalue weighted by Gasteiger charge is 2.31. The molecule has 1 aliphatic heterocycles. The lowest BCUT2D eigenvalue weighted by molar-refractivity contribution is -0.138. The monoisotopic (exact) mass is 181 g/mol. The van der Waals surface area contributed by atoms with Crippen molar-refractivity contribution >= 4 is 11.9 Å². The van der Waals surface area contributed by atoms with Crippen LogP contribution >= 0.6 is 0 Å². The van der Waals surface area contributed by atoms with Crippen molar-refractivity contribution in [2.24, 2.45) is 0 Å². The van der Waals surface area contributed by atoms with Gasteiger partial charge < -0.3 is 14.4 Å². The summed E-state index contributed by atoms with van der Waals surface area (Å²) >= 11 is 0. The molecule has 13 heavy (non-hydrogen) atoms. The van der Waals surface area contributed by atoms with Gasteiger partial charge in [-0.05, 0) is 18.9 Å². The summed E-state index contributed by atoms with van der Waals surface area (Å²) in [5, 5.41) is 8.90. The molecule has 1 aliphatic rings. The number of hydrogen-bond donors (Lipinski definition) is 1. The fraction of sp³-hybridized carbons (Fsp3) is 0.444. The first-order valence-electron chi connectivity index (χ1n) is 4.32. The molecule has 70 valence electrons. The second kappa shape index (κ2) is 3.12. The Balaban J connectivity index is 2.19. The molecule has 1 atom stereocenters. The molecule has 4 heteroatoms. The van der Waals surface area contributed by atoms with Crippen molar-refractivity contribution in [2.45, 2.75) is 18.9 Å². The largest absolute Gasteiger partial charge is 0.480 e. The van der Waals surface area contributed by atoms with Crippen LogP contribution in [0.25, 0.3) is 0 Å². The Kier molecular flexibility index (Phi) is 1.96. The topological polar surface area (TPSA) is 53.7 Å². The lowest BCUT2D eigenvalue weighted by atomic mass is 10.2. The van der Waals surface area contributed by atoms with E-state index >= 15 is 0 Å². The van der Waals surface area contributed by atoms with Gasteiger partial charge in [0.25, 0.3) is 0 Å². The van der Waals surface area contributed by atoms with Crippen molar-refractivity contribution < 1.29 is 14.3 Å². The number of rotatable bonds is 2. The summed E-state index contributed by atoms with van der Waals surface area (Å²) in [7, 11) is 0. The van der Waals surface area contributed by atoms with E-state index in [9.17, 15) is 4.79 Å². The van der Waals surface area contributed by atoms with Gasteiger partial charge in [-0.3, -0.25) is 0 Å². The van der Waals surface area contributed by atoms with Crippen LogP contribution in [0.5, 0.6) is 0 Å². The Morgan fingerprint density at radius 3 is 3.15 bits per heavy atom. The molecule has 0 bridgehead atoms. The van der Waals surface area contributed by atoms with Crippen LogP contribution in [0.4, 0.5) is 5.88 Å². The maximum absolute atomic E-state index is 10.8. The Morgan fingerprint density at radius 1 is 1.69 bits per heavy atom. The molecular weight excluding hydrogens is 170 g/mol. The van der Waals surface area contributed by atoms with Crippen LogP contribution in [0.2, 0.25) is 0 Å². The van der Waals surface area contributed by atoms with Gasteiger partial charge >= 0.3 is 5.97 Å². The smallest absolute Gasteiger partial charge is 0.326 e. The van der Waals surface area contributed by atoms with E-state index in [1.54, 1.807) is 23.3 Å². The standard InChI is InChI=1S/C9H11NO3/c11-9(12)7-3-1-5-10(7)8-4-2-6-13-8/h2,4,6-7H,1,3,5H2,(H,11,12)/t7-/m0/s1. The Labute approximate surface area is 75.8 Å². The lowest BCUT2D eigenvalue weighted by Crippen LogP contribution is -2.35. The highest BCUT2D eigenvalue weighted by Crippen LogP contribution is 2.25. The van der Waals surface area contributed by atoms with E-state index in [1.807, 2.05) is 0 Å². The molecule has 1 aromatic heterocycles. The van der Waals surface area contributed by atoms with Gasteiger partial charge in [-0.25, -0.2) is 4.79 Å². The summed E-state index contributed by atoms with van der Waals surface area (Å²) in [6, 6.07) is 3.15. The van der Waals surface area contributed by atoms with Gasteiger partial charge in [0.1, 0.15) is 6.04 Å². The molecule has 0 saturated carbocycles. The number of carbonyl (C=O) groups is 1. The summed E-state index contributed by atoms with van der Waals surface area (Å²) in [5.41, 5.74) is 0. The van der Waals surface area contributed by atoms with Gasteiger partial charge in [0, 0.05) is 12.6 Å². The van der Waals surface area contributed by atoms with Gasteiger partial charge in [0.15, 0.2) is 5.88 Å². The zero-order valence-electron chi connectivity index (χ0n) is 7.14. The predicted octanol–water partition coefficient (Wildman–Crippen LogP) is 1.33. The number of furan rings is 1. The number of hydrogen-bond acceptors (Lipinski definition) is 3. The quantitative estimate of drug-likeness (QED) is 0.747. The molecule has 0 aromatic carbocycles. The van der Waals surface area contributed by atoms with Crippen LogP contribution in [0, 0.1) is 0 Å². The molecule has 1 fully saturated rings. The van der Waals surface area contributed by atoms with E-state index < -0.39 is 12.0 Å². The highest BCUT2D eigenvalue weighted by atomic mass is 16.4. The van der Waals surface area contributed by atoms with E-state index in [-0.39, 0.29) is 0 Å². The van der Waals surface area contributed by atoms with Gasteiger partial charge in [-0.1, -0.05) is 0 Å². The van der Waals surface area contributed by atoms with Crippen LogP contribution in [0.15, 0.2) is 22.8 Å². The van der Waals surface area contributed by atoms with Crippen LogP contribution < -0.4 is 4.90 Å². The molecule has 0 unspecified atom stereocenters. The fourth-order valence-electron chi connectivity index (χ4n) is 1.72. The average molecular weight is 181 g/mol. The SMILES string of the molecule is O=C(O)[C@@H]1CCCN1c1ccco1. The van der Waals surface area contributed by atoms with Crippen molar-refractivity contribution in [1.29, 1.82) is 0 Å². The van der Waals surface area contributed by atoms with Crippen molar-refractivity contribution in [2.75, 3.05) is 11.4 Å². The first-order chi connectivity index (χ1) is 6.29.